The van der Waals surface area contributed by atoms with Gasteiger partial charge in [0.15, 0.2) is 0 Å². The molecule has 1 unspecified atom stereocenters. The summed E-state index contributed by atoms with van der Waals surface area (Å²) in [6.45, 7) is 1.92. The van der Waals surface area contributed by atoms with Crippen molar-refractivity contribution in [2.45, 2.75) is 22.9 Å². The van der Waals surface area contributed by atoms with Crippen LogP contribution in [0, 0.1) is 5.82 Å². The molecule has 0 radical (unpaired) electrons. The first-order chi connectivity index (χ1) is 10.6. The number of benzene rings is 1. The average Bonchev–Trinajstić information content (AvgIpc) is 2.93. The van der Waals surface area contributed by atoms with Crippen LogP contribution >= 0.6 is 11.8 Å². The number of nitrogens with zero attached hydrogens (tertiary/aromatic N) is 2. The van der Waals surface area contributed by atoms with E-state index in [4.69, 9.17) is 5.73 Å². The normalized spacial score (nSPS) is 12.3. The van der Waals surface area contributed by atoms with Crippen LogP contribution in [0.2, 0.25) is 0 Å². The van der Waals surface area contributed by atoms with E-state index in [0.717, 1.165) is 15.5 Å². The molecule has 0 saturated heterocycles. The predicted octanol–water partition coefficient (Wildman–Crippen LogP) is 4.18. The van der Waals surface area contributed by atoms with Gasteiger partial charge in [-0.1, -0.05) is 23.9 Å². The molecule has 2 aromatic heterocycles. The van der Waals surface area contributed by atoms with Gasteiger partial charge in [-0.3, -0.25) is 4.98 Å². The molecule has 3 rings (SSSR count). The SMILES string of the molecule is CC(N)c1cc(Sc2cccnc2)n(-c2ccccc2F)c1. The molecule has 0 bridgehead atoms. The predicted molar refractivity (Wildman–Crippen MR) is 86.7 cm³/mol. The molecule has 0 aliphatic carbocycles. The summed E-state index contributed by atoms with van der Waals surface area (Å²) in [4.78, 5) is 5.11. The third-order valence-corrected chi connectivity index (χ3v) is 4.30. The van der Waals surface area contributed by atoms with Gasteiger partial charge in [0.2, 0.25) is 0 Å². The van der Waals surface area contributed by atoms with Gasteiger partial charge in [-0.25, -0.2) is 4.39 Å². The Labute approximate surface area is 133 Å². The molecule has 2 N–H and O–H groups in total. The number of nitrogens with two attached hydrogens (primary N) is 1. The topological polar surface area (TPSA) is 43.8 Å². The van der Waals surface area contributed by atoms with E-state index in [1.54, 1.807) is 24.5 Å². The van der Waals surface area contributed by atoms with E-state index in [1.165, 1.54) is 17.8 Å². The van der Waals surface area contributed by atoms with Crippen LogP contribution in [0.5, 0.6) is 0 Å². The minimum absolute atomic E-state index is 0.110. The Balaban J connectivity index is 2.07. The van der Waals surface area contributed by atoms with Gasteiger partial charge in [0.25, 0.3) is 0 Å². The van der Waals surface area contributed by atoms with Crippen LogP contribution in [0.3, 0.4) is 0 Å². The molecule has 22 heavy (non-hydrogen) atoms. The molecule has 3 aromatic rings. The van der Waals surface area contributed by atoms with E-state index in [0.29, 0.717) is 5.69 Å². The van der Waals surface area contributed by atoms with E-state index in [-0.39, 0.29) is 11.9 Å². The summed E-state index contributed by atoms with van der Waals surface area (Å²) in [5, 5.41) is 0.908. The lowest BCUT2D eigenvalue weighted by molar-refractivity contribution is 0.614. The van der Waals surface area contributed by atoms with Crippen LogP contribution in [-0.2, 0) is 0 Å². The fourth-order valence-electron chi connectivity index (χ4n) is 2.15. The second-order valence-electron chi connectivity index (χ2n) is 5.01. The summed E-state index contributed by atoms with van der Waals surface area (Å²) in [6.07, 6.45) is 5.41. The first kappa shape index (κ1) is 14.8. The molecule has 112 valence electrons. The van der Waals surface area contributed by atoms with Gasteiger partial charge in [0.05, 0.1) is 10.7 Å². The Kier molecular flexibility index (Phi) is 4.27. The molecule has 2 heterocycles. The number of halogens is 1. The Bertz CT molecular complexity index is 769. The standard InChI is InChI=1S/C17H16FN3S/c1-12(19)13-9-17(22-14-5-4-8-20-10-14)21(11-13)16-7-3-2-6-15(16)18/h2-12H,19H2,1H3. The van der Waals surface area contributed by atoms with Crippen molar-refractivity contribution in [2.75, 3.05) is 0 Å². The summed E-state index contributed by atoms with van der Waals surface area (Å²) in [5.41, 5.74) is 7.46. The van der Waals surface area contributed by atoms with Crippen molar-refractivity contribution < 1.29 is 4.39 Å². The third kappa shape index (κ3) is 3.05. The van der Waals surface area contributed by atoms with E-state index in [9.17, 15) is 4.39 Å². The summed E-state index contributed by atoms with van der Waals surface area (Å²) in [7, 11) is 0. The molecule has 0 saturated carbocycles. The van der Waals surface area contributed by atoms with E-state index in [1.807, 2.05) is 42.0 Å². The first-order valence-electron chi connectivity index (χ1n) is 6.96. The fraction of sp³-hybridized carbons (Fsp3) is 0.118. The molecule has 3 nitrogen and oxygen atoms in total. The van der Waals surface area contributed by atoms with Crippen LogP contribution in [0.1, 0.15) is 18.5 Å². The number of rotatable bonds is 4. The van der Waals surface area contributed by atoms with E-state index in [2.05, 4.69) is 4.98 Å². The Morgan fingerprint density at radius 3 is 2.73 bits per heavy atom. The summed E-state index contributed by atoms with van der Waals surface area (Å²) >= 11 is 1.53. The zero-order valence-electron chi connectivity index (χ0n) is 12.1. The van der Waals surface area contributed by atoms with Gasteiger partial charge in [0, 0.05) is 29.5 Å². The van der Waals surface area contributed by atoms with Crippen LogP contribution in [0.25, 0.3) is 5.69 Å². The van der Waals surface area contributed by atoms with Gasteiger partial charge in [0.1, 0.15) is 5.82 Å². The zero-order valence-corrected chi connectivity index (χ0v) is 12.9. The number of hydrogen-bond donors (Lipinski definition) is 1. The summed E-state index contributed by atoms with van der Waals surface area (Å²) < 4.78 is 16.0. The number of hydrogen-bond acceptors (Lipinski definition) is 3. The quantitative estimate of drug-likeness (QED) is 0.785. The van der Waals surface area contributed by atoms with Gasteiger partial charge in [-0.15, -0.1) is 0 Å². The lowest BCUT2D eigenvalue weighted by Crippen LogP contribution is -2.03. The lowest BCUT2D eigenvalue weighted by Gasteiger charge is -2.09. The summed E-state index contributed by atoms with van der Waals surface area (Å²) in [5.74, 6) is -0.262. The highest BCUT2D eigenvalue weighted by Gasteiger charge is 2.14. The van der Waals surface area contributed by atoms with Crippen LogP contribution in [0.15, 0.2) is 71.0 Å². The largest absolute Gasteiger partial charge is 0.324 e. The average molecular weight is 313 g/mol. The molecule has 1 atom stereocenters. The maximum absolute atomic E-state index is 14.1. The smallest absolute Gasteiger partial charge is 0.147 e. The van der Waals surface area contributed by atoms with Crippen molar-refractivity contribution in [1.82, 2.24) is 9.55 Å². The number of aromatic nitrogens is 2. The highest BCUT2D eigenvalue weighted by Crippen LogP contribution is 2.32. The van der Waals surface area contributed by atoms with Gasteiger partial charge < -0.3 is 10.3 Å². The maximum Gasteiger partial charge on any atom is 0.147 e. The number of para-hydroxylation sites is 1. The van der Waals surface area contributed by atoms with Crippen LogP contribution in [-0.4, -0.2) is 9.55 Å². The van der Waals surface area contributed by atoms with Crippen molar-refractivity contribution in [1.29, 1.82) is 0 Å². The number of pyridine rings is 1. The molecule has 0 aliphatic heterocycles. The van der Waals surface area contributed by atoms with Crippen molar-refractivity contribution in [3.05, 3.63) is 72.4 Å². The van der Waals surface area contributed by atoms with Crippen molar-refractivity contribution in [3.63, 3.8) is 0 Å². The van der Waals surface area contributed by atoms with E-state index >= 15 is 0 Å². The highest BCUT2D eigenvalue weighted by atomic mass is 32.2. The molecular formula is C17H16FN3S. The molecule has 0 spiro atoms. The van der Waals surface area contributed by atoms with Crippen LogP contribution in [0.4, 0.5) is 4.39 Å². The van der Waals surface area contributed by atoms with Gasteiger partial charge in [-0.2, -0.15) is 0 Å². The third-order valence-electron chi connectivity index (χ3n) is 3.30. The van der Waals surface area contributed by atoms with Crippen molar-refractivity contribution in [3.8, 4) is 5.69 Å². The molecular weight excluding hydrogens is 297 g/mol. The van der Waals surface area contributed by atoms with Gasteiger partial charge >= 0.3 is 0 Å². The highest BCUT2D eigenvalue weighted by molar-refractivity contribution is 7.99. The monoisotopic (exact) mass is 313 g/mol. The minimum atomic E-state index is -0.262. The summed E-state index contributed by atoms with van der Waals surface area (Å²) in [6, 6.07) is 12.5. The first-order valence-corrected chi connectivity index (χ1v) is 7.77. The molecule has 0 aliphatic rings. The fourth-order valence-corrected chi connectivity index (χ4v) is 3.10. The zero-order chi connectivity index (χ0) is 15.5. The maximum atomic E-state index is 14.1. The van der Waals surface area contributed by atoms with Crippen molar-refractivity contribution in [2.24, 2.45) is 5.73 Å². The second-order valence-corrected chi connectivity index (χ2v) is 6.11. The van der Waals surface area contributed by atoms with E-state index < -0.39 is 0 Å². The molecule has 0 fully saturated rings. The lowest BCUT2D eigenvalue weighted by atomic mass is 10.2. The Morgan fingerprint density at radius 2 is 2.05 bits per heavy atom. The molecule has 1 aromatic carbocycles. The molecule has 5 heteroatoms. The van der Waals surface area contributed by atoms with Crippen molar-refractivity contribution >= 4 is 11.8 Å². The Hall–Kier alpha value is -2.11. The second kappa shape index (κ2) is 6.34. The minimum Gasteiger partial charge on any atom is -0.324 e. The van der Waals surface area contributed by atoms with Crippen LogP contribution < -0.4 is 5.73 Å². The Morgan fingerprint density at radius 1 is 1.23 bits per heavy atom. The molecule has 0 amide bonds. The van der Waals surface area contributed by atoms with Gasteiger partial charge in [-0.05, 0) is 42.8 Å².